The highest BCUT2D eigenvalue weighted by Crippen LogP contribution is 2.35. The molecule has 1 atom stereocenters. The van der Waals surface area contributed by atoms with Gasteiger partial charge >= 0.3 is 0 Å². The van der Waals surface area contributed by atoms with Crippen molar-refractivity contribution < 1.29 is 0 Å². The highest BCUT2D eigenvalue weighted by Gasteiger charge is 2.36. The molecule has 0 saturated heterocycles. The van der Waals surface area contributed by atoms with Gasteiger partial charge in [0.25, 0.3) is 0 Å². The van der Waals surface area contributed by atoms with Crippen LogP contribution >= 0.6 is 0 Å². The van der Waals surface area contributed by atoms with Crippen molar-refractivity contribution in [2.45, 2.75) is 20.4 Å². The van der Waals surface area contributed by atoms with E-state index in [4.69, 9.17) is 6.42 Å². The number of rotatable bonds is 1. The second-order valence-electron chi connectivity index (χ2n) is 4.75. The summed E-state index contributed by atoms with van der Waals surface area (Å²) in [5.74, 6) is 10.4. The molecule has 2 heterocycles. The second-order valence-corrected chi connectivity index (χ2v) is 8.58. The maximum Gasteiger partial charge on any atom is 0.195 e. The summed E-state index contributed by atoms with van der Waals surface area (Å²) in [6.45, 7) is 6.45. The molecule has 0 radical (unpaired) electrons. The standard InChI is InChI=1S/C17H15NSi/c1-5-6-7-8-13-19(4)15(3)10-12-17(19)16-11-9-14(2)18-16/h1,9-12,18H,2-4H3. The summed E-state index contributed by atoms with van der Waals surface area (Å²) < 4.78 is 0. The quantitative estimate of drug-likeness (QED) is 0.591. The third-order valence-electron chi connectivity index (χ3n) is 3.46. The van der Waals surface area contributed by atoms with E-state index in [1.807, 2.05) is 0 Å². The Morgan fingerprint density at radius 3 is 2.53 bits per heavy atom. The van der Waals surface area contributed by atoms with Crippen LogP contribution in [-0.2, 0) is 0 Å². The summed E-state index contributed by atoms with van der Waals surface area (Å²) >= 11 is 0. The predicted octanol–water partition coefficient (Wildman–Crippen LogP) is 3.00. The van der Waals surface area contributed by atoms with Crippen LogP contribution in [0, 0.1) is 42.6 Å². The van der Waals surface area contributed by atoms with Crippen LogP contribution in [0.3, 0.4) is 0 Å². The van der Waals surface area contributed by atoms with Crippen molar-refractivity contribution in [1.82, 2.24) is 4.98 Å². The van der Waals surface area contributed by atoms with Crippen molar-refractivity contribution >= 4 is 13.3 Å². The van der Waals surface area contributed by atoms with Gasteiger partial charge in [-0.15, -0.1) is 12.0 Å². The van der Waals surface area contributed by atoms with E-state index in [0.717, 1.165) is 5.69 Å². The molecule has 1 aromatic rings. The van der Waals surface area contributed by atoms with Gasteiger partial charge in [-0.05, 0) is 54.9 Å². The molecule has 0 spiro atoms. The van der Waals surface area contributed by atoms with Crippen molar-refractivity contribution in [3.05, 3.63) is 40.9 Å². The van der Waals surface area contributed by atoms with Crippen LogP contribution in [0.15, 0.2) is 29.5 Å². The topological polar surface area (TPSA) is 15.8 Å². The van der Waals surface area contributed by atoms with Gasteiger partial charge in [0.1, 0.15) is 0 Å². The first-order valence-corrected chi connectivity index (χ1v) is 8.61. The Balaban J connectivity index is 2.41. The smallest absolute Gasteiger partial charge is 0.195 e. The number of H-pyrrole nitrogens is 1. The van der Waals surface area contributed by atoms with E-state index >= 15 is 0 Å². The van der Waals surface area contributed by atoms with Gasteiger partial charge < -0.3 is 4.98 Å². The zero-order chi connectivity index (χ0) is 13.9. The first-order valence-electron chi connectivity index (χ1n) is 6.11. The number of terminal acetylenes is 1. The molecule has 0 aliphatic carbocycles. The molecule has 1 aromatic heterocycles. The summed E-state index contributed by atoms with van der Waals surface area (Å²) in [5, 5.41) is 2.66. The molecule has 1 aliphatic heterocycles. The Morgan fingerprint density at radius 2 is 1.89 bits per heavy atom. The Hall–Kier alpha value is -2.34. The number of nitrogens with one attached hydrogen (secondary N) is 1. The molecule has 0 amide bonds. The van der Waals surface area contributed by atoms with Crippen LogP contribution in [0.25, 0.3) is 5.20 Å². The molecule has 0 saturated carbocycles. The van der Waals surface area contributed by atoms with Crippen LogP contribution in [0.2, 0.25) is 6.55 Å². The van der Waals surface area contributed by atoms with Gasteiger partial charge in [-0.25, -0.2) is 0 Å². The number of hydrogen-bond donors (Lipinski definition) is 1. The van der Waals surface area contributed by atoms with E-state index in [0.29, 0.717) is 0 Å². The molecule has 1 unspecified atom stereocenters. The van der Waals surface area contributed by atoms with Crippen molar-refractivity contribution in [1.29, 1.82) is 0 Å². The SMILES string of the molecule is C#CC#CC#C[Si]1(C)C(C)=CC=C1c1ccc(C)[nH]1. The average molecular weight is 261 g/mol. The molecular formula is C17H15NSi. The van der Waals surface area contributed by atoms with E-state index < -0.39 is 8.07 Å². The van der Waals surface area contributed by atoms with Crippen molar-refractivity contribution in [3.8, 4) is 35.6 Å². The van der Waals surface area contributed by atoms with Crippen LogP contribution in [-0.4, -0.2) is 13.1 Å². The summed E-state index contributed by atoms with van der Waals surface area (Å²) in [6.07, 6.45) is 9.44. The average Bonchev–Trinajstić information content (AvgIpc) is 2.92. The normalized spacial score (nSPS) is 20.3. The van der Waals surface area contributed by atoms with Crippen LogP contribution in [0.4, 0.5) is 0 Å². The summed E-state index contributed by atoms with van der Waals surface area (Å²) in [5.41, 5.74) is 5.69. The molecule has 0 bridgehead atoms. The number of aromatic nitrogens is 1. The lowest BCUT2D eigenvalue weighted by Crippen LogP contribution is -2.31. The molecule has 1 nitrogen and oxygen atoms in total. The second kappa shape index (κ2) is 5.11. The molecule has 0 fully saturated rings. The first kappa shape index (κ1) is 13.1. The van der Waals surface area contributed by atoms with Gasteiger partial charge in [-0.1, -0.05) is 23.9 Å². The highest BCUT2D eigenvalue weighted by molar-refractivity contribution is 7.07. The van der Waals surface area contributed by atoms with Gasteiger partial charge in [-0.3, -0.25) is 0 Å². The van der Waals surface area contributed by atoms with Crippen LogP contribution in [0.5, 0.6) is 0 Å². The Labute approximate surface area is 115 Å². The number of aromatic amines is 1. The lowest BCUT2D eigenvalue weighted by molar-refractivity contribution is 1.24. The van der Waals surface area contributed by atoms with Gasteiger partial charge in [0.15, 0.2) is 8.07 Å². The summed E-state index contributed by atoms with van der Waals surface area (Å²) in [6, 6.07) is 4.21. The van der Waals surface area contributed by atoms with Crippen molar-refractivity contribution in [2.24, 2.45) is 0 Å². The van der Waals surface area contributed by atoms with E-state index in [1.165, 1.54) is 16.1 Å². The van der Waals surface area contributed by atoms with E-state index in [9.17, 15) is 0 Å². The predicted molar refractivity (Wildman–Crippen MR) is 83.3 cm³/mol. The van der Waals surface area contributed by atoms with E-state index in [2.05, 4.69) is 78.9 Å². The minimum absolute atomic E-state index is 1.16. The third kappa shape index (κ3) is 2.43. The van der Waals surface area contributed by atoms with Gasteiger partial charge in [0.05, 0.1) is 0 Å². The molecule has 0 aromatic carbocycles. The van der Waals surface area contributed by atoms with Crippen molar-refractivity contribution in [3.63, 3.8) is 0 Å². The number of allylic oxidation sites excluding steroid dienone is 3. The Bertz CT molecular complexity index is 732. The van der Waals surface area contributed by atoms with Gasteiger partial charge in [0, 0.05) is 11.4 Å². The fourth-order valence-corrected chi connectivity index (χ4v) is 4.75. The number of hydrogen-bond acceptors (Lipinski definition) is 0. The third-order valence-corrected chi connectivity index (χ3v) is 7.34. The highest BCUT2D eigenvalue weighted by atomic mass is 28.3. The van der Waals surface area contributed by atoms with Crippen LogP contribution in [0.1, 0.15) is 18.3 Å². The molecule has 1 aliphatic rings. The first-order chi connectivity index (χ1) is 9.08. The Kier molecular flexibility index (Phi) is 3.52. The fraction of sp³-hybridized carbons (Fsp3) is 0.176. The molecule has 19 heavy (non-hydrogen) atoms. The molecule has 1 N–H and O–H groups in total. The molecule has 2 rings (SSSR count). The Morgan fingerprint density at radius 1 is 1.11 bits per heavy atom. The lowest BCUT2D eigenvalue weighted by atomic mass is 10.3. The zero-order valence-corrected chi connectivity index (χ0v) is 12.4. The van der Waals surface area contributed by atoms with E-state index in [-0.39, 0.29) is 0 Å². The zero-order valence-electron chi connectivity index (χ0n) is 11.4. The fourth-order valence-electron chi connectivity index (χ4n) is 2.16. The van der Waals surface area contributed by atoms with E-state index in [1.54, 1.807) is 0 Å². The molecular weight excluding hydrogens is 246 g/mol. The van der Waals surface area contributed by atoms with Crippen LogP contribution < -0.4 is 0 Å². The van der Waals surface area contributed by atoms with Gasteiger partial charge in [-0.2, -0.15) is 0 Å². The minimum Gasteiger partial charge on any atom is -0.359 e. The maximum atomic E-state index is 5.10. The summed E-state index contributed by atoms with van der Waals surface area (Å²) in [4.78, 5) is 3.39. The largest absolute Gasteiger partial charge is 0.359 e. The minimum atomic E-state index is -1.94. The molecule has 92 valence electrons. The van der Waals surface area contributed by atoms with Gasteiger partial charge in [0.2, 0.25) is 0 Å². The maximum absolute atomic E-state index is 5.10. The molecule has 2 heteroatoms. The summed E-state index contributed by atoms with van der Waals surface area (Å²) in [7, 11) is -1.94. The monoisotopic (exact) mass is 261 g/mol. The number of aryl methyl sites for hydroxylation is 1. The lowest BCUT2D eigenvalue weighted by Gasteiger charge is -2.20. The van der Waals surface area contributed by atoms with Crippen molar-refractivity contribution in [2.75, 3.05) is 0 Å².